The predicted octanol–water partition coefficient (Wildman–Crippen LogP) is 0.110. The molecule has 0 radical (unpaired) electrons. The van der Waals surface area contributed by atoms with Crippen LogP contribution in [0.4, 0.5) is 0 Å². The van der Waals surface area contributed by atoms with Gasteiger partial charge in [0.05, 0.1) is 6.61 Å². The van der Waals surface area contributed by atoms with Crippen molar-refractivity contribution in [3.05, 3.63) is 0 Å². The fourth-order valence-electron chi connectivity index (χ4n) is 1.76. The minimum Gasteiger partial charge on any atom is -0.394 e. The fourth-order valence-corrected chi connectivity index (χ4v) is 1.76. The second kappa shape index (κ2) is 7.33. The Morgan fingerprint density at radius 3 is 2.89 bits per heavy atom. The van der Waals surface area contributed by atoms with Gasteiger partial charge in [0.15, 0.2) is 0 Å². The predicted molar refractivity (Wildman–Crippen MR) is 65.3 cm³/mol. The summed E-state index contributed by atoms with van der Waals surface area (Å²) in [5.41, 5.74) is 2.32. The standard InChI is InChI=1S/C12H22N2O4/c1-8(2)10(7-15)18-14-12(17)9-5-3-4-6-11(16)13-9/h8-10,15H,3-7H2,1-2H3,(H,13,16)(H,14,17)/t9-,10+/m0/s1. The number of hydrogen-bond acceptors (Lipinski definition) is 4. The van der Waals surface area contributed by atoms with Crippen molar-refractivity contribution in [3.63, 3.8) is 0 Å². The molecule has 6 heteroatoms. The van der Waals surface area contributed by atoms with Crippen LogP contribution < -0.4 is 10.8 Å². The molecule has 2 amide bonds. The zero-order valence-electron chi connectivity index (χ0n) is 10.9. The highest BCUT2D eigenvalue weighted by Gasteiger charge is 2.24. The molecule has 0 aromatic rings. The van der Waals surface area contributed by atoms with Gasteiger partial charge in [0.2, 0.25) is 5.91 Å². The van der Waals surface area contributed by atoms with Gasteiger partial charge in [0.25, 0.3) is 5.91 Å². The summed E-state index contributed by atoms with van der Waals surface area (Å²) in [4.78, 5) is 28.3. The number of aliphatic hydroxyl groups is 1. The Balaban J connectivity index is 2.41. The summed E-state index contributed by atoms with van der Waals surface area (Å²) in [6, 6.07) is -0.536. The first-order valence-electron chi connectivity index (χ1n) is 6.40. The van der Waals surface area contributed by atoms with Crippen molar-refractivity contribution in [1.82, 2.24) is 10.8 Å². The molecule has 1 aliphatic heterocycles. The van der Waals surface area contributed by atoms with E-state index in [0.717, 1.165) is 12.8 Å². The molecular weight excluding hydrogens is 236 g/mol. The lowest BCUT2D eigenvalue weighted by atomic mass is 10.1. The third-order valence-corrected chi connectivity index (χ3v) is 3.03. The minimum absolute atomic E-state index is 0.0963. The van der Waals surface area contributed by atoms with E-state index in [9.17, 15) is 9.59 Å². The Morgan fingerprint density at radius 1 is 1.56 bits per heavy atom. The molecule has 1 fully saturated rings. The van der Waals surface area contributed by atoms with Gasteiger partial charge in [-0.2, -0.15) is 0 Å². The number of rotatable bonds is 5. The van der Waals surface area contributed by atoms with E-state index in [1.165, 1.54) is 0 Å². The number of nitrogens with one attached hydrogen (secondary N) is 2. The number of carbonyl (C=O) groups is 2. The quantitative estimate of drug-likeness (QED) is 0.611. The molecule has 0 aliphatic carbocycles. The smallest absolute Gasteiger partial charge is 0.266 e. The van der Waals surface area contributed by atoms with Crippen LogP contribution in [-0.2, 0) is 14.4 Å². The molecule has 6 nitrogen and oxygen atoms in total. The molecule has 104 valence electrons. The van der Waals surface area contributed by atoms with Gasteiger partial charge in [-0.25, -0.2) is 5.48 Å². The maximum absolute atomic E-state index is 11.8. The van der Waals surface area contributed by atoms with Gasteiger partial charge in [0.1, 0.15) is 12.1 Å². The van der Waals surface area contributed by atoms with Crippen molar-refractivity contribution in [2.24, 2.45) is 5.92 Å². The van der Waals surface area contributed by atoms with E-state index in [1.807, 2.05) is 13.8 Å². The van der Waals surface area contributed by atoms with Crippen LogP contribution >= 0.6 is 0 Å². The molecule has 1 saturated heterocycles. The summed E-state index contributed by atoms with van der Waals surface area (Å²) in [5, 5.41) is 11.7. The lowest BCUT2D eigenvalue weighted by molar-refractivity contribution is -0.147. The Morgan fingerprint density at radius 2 is 2.28 bits per heavy atom. The molecule has 0 bridgehead atoms. The van der Waals surface area contributed by atoms with E-state index in [2.05, 4.69) is 10.8 Å². The first kappa shape index (κ1) is 14.9. The minimum atomic E-state index is -0.536. The number of carbonyl (C=O) groups excluding carboxylic acids is 2. The van der Waals surface area contributed by atoms with Crippen LogP contribution in [0.25, 0.3) is 0 Å². The van der Waals surface area contributed by atoms with E-state index < -0.39 is 12.1 Å². The summed E-state index contributed by atoms with van der Waals surface area (Å²) in [5.74, 6) is -0.362. The molecule has 3 N–H and O–H groups in total. The third-order valence-electron chi connectivity index (χ3n) is 3.03. The molecule has 0 unspecified atom stereocenters. The Hall–Kier alpha value is -1.14. The first-order chi connectivity index (χ1) is 8.54. The van der Waals surface area contributed by atoms with Crippen LogP contribution in [0.3, 0.4) is 0 Å². The van der Waals surface area contributed by atoms with E-state index >= 15 is 0 Å². The molecule has 0 spiro atoms. The maximum Gasteiger partial charge on any atom is 0.266 e. The Labute approximate surface area is 107 Å². The molecule has 1 aliphatic rings. The van der Waals surface area contributed by atoms with E-state index in [1.54, 1.807) is 0 Å². The summed E-state index contributed by atoms with van der Waals surface area (Å²) in [6.07, 6.45) is 2.30. The second-order valence-corrected chi connectivity index (χ2v) is 4.92. The molecule has 2 atom stereocenters. The van der Waals surface area contributed by atoms with Crippen molar-refractivity contribution >= 4 is 11.8 Å². The van der Waals surface area contributed by atoms with Gasteiger partial charge in [-0.1, -0.05) is 20.3 Å². The Kier molecular flexibility index (Phi) is 6.07. The molecule has 0 aromatic carbocycles. The number of hydroxylamine groups is 1. The van der Waals surface area contributed by atoms with Crippen molar-refractivity contribution in [2.45, 2.75) is 51.7 Å². The largest absolute Gasteiger partial charge is 0.394 e. The molecule has 0 aromatic heterocycles. The zero-order valence-corrected chi connectivity index (χ0v) is 10.9. The topological polar surface area (TPSA) is 87.7 Å². The van der Waals surface area contributed by atoms with Crippen LogP contribution in [0.1, 0.15) is 39.5 Å². The third kappa shape index (κ3) is 4.62. The van der Waals surface area contributed by atoms with E-state index in [4.69, 9.17) is 9.94 Å². The van der Waals surface area contributed by atoms with Gasteiger partial charge in [0, 0.05) is 6.42 Å². The lowest BCUT2D eigenvalue weighted by Crippen LogP contribution is -2.47. The van der Waals surface area contributed by atoms with E-state index in [0.29, 0.717) is 12.8 Å². The van der Waals surface area contributed by atoms with Gasteiger partial charge >= 0.3 is 0 Å². The highest BCUT2D eigenvalue weighted by atomic mass is 16.7. The summed E-state index contributed by atoms with van der Waals surface area (Å²) in [7, 11) is 0. The van der Waals surface area contributed by atoms with Crippen LogP contribution in [0.15, 0.2) is 0 Å². The van der Waals surface area contributed by atoms with Crippen molar-refractivity contribution in [3.8, 4) is 0 Å². The van der Waals surface area contributed by atoms with Gasteiger partial charge < -0.3 is 10.4 Å². The molecular formula is C12H22N2O4. The highest BCUT2D eigenvalue weighted by Crippen LogP contribution is 2.10. The lowest BCUT2D eigenvalue weighted by Gasteiger charge is -2.21. The molecule has 1 rings (SSSR count). The van der Waals surface area contributed by atoms with Crippen LogP contribution in [0, 0.1) is 5.92 Å². The molecule has 1 heterocycles. The van der Waals surface area contributed by atoms with Gasteiger partial charge in [-0.05, 0) is 18.8 Å². The number of hydrogen-bond donors (Lipinski definition) is 3. The van der Waals surface area contributed by atoms with Gasteiger partial charge in [-0.15, -0.1) is 0 Å². The number of amides is 2. The van der Waals surface area contributed by atoms with Crippen molar-refractivity contribution < 1.29 is 19.5 Å². The highest BCUT2D eigenvalue weighted by molar-refractivity contribution is 5.87. The van der Waals surface area contributed by atoms with Crippen molar-refractivity contribution in [2.75, 3.05) is 6.61 Å². The number of aliphatic hydroxyl groups excluding tert-OH is 1. The first-order valence-corrected chi connectivity index (χ1v) is 6.40. The summed E-state index contributed by atoms with van der Waals surface area (Å²) < 4.78 is 0. The SMILES string of the molecule is CC(C)[C@@H](CO)ONC(=O)[C@@H]1CCCCC(=O)N1. The van der Waals surface area contributed by atoms with E-state index in [-0.39, 0.29) is 24.3 Å². The average Bonchev–Trinajstić information content (AvgIpc) is 2.54. The van der Waals surface area contributed by atoms with Gasteiger partial charge in [-0.3, -0.25) is 14.4 Å². The van der Waals surface area contributed by atoms with Crippen LogP contribution in [0.2, 0.25) is 0 Å². The monoisotopic (exact) mass is 258 g/mol. The normalized spacial score (nSPS) is 22.2. The Bertz CT molecular complexity index is 294. The summed E-state index contributed by atoms with van der Waals surface area (Å²) in [6.45, 7) is 3.62. The summed E-state index contributed by atoms with van der Waals surface area (Å²) >= 11 is 0. The van der Waals surface area contributed by atoms with Crippen LogP contribution in [-0.4, -0.2) is 35.7 Å². The zero-order chi connectivity index (χ0) is 13.5. The van der Waals surface area contributed by atoms with Crippen LogP contribution in [0.5, 0.6) is 0 Å². The maximum atomic E-state index is 11.8. The second-order valence-electron chi connectivity index (χ2n) is 4.92. The molecule has 0 saturated carbocycles. The molecule has 18 heavy (non-hydrogen) atoms. The average molecular weight is 258 g/mol. The fraction of sp³-hybridized carbons (Fsp3) is 0.833. The van der Waals surface area contributed by atoms with Crippen molar-refractivity contribution in [1.29, 1.82) is 0 Å².